The van der Waals surface area contributed by atoms with E-state index >= 15 is 0 Å². The molecule has 30 heavy (non-hydrogen) atoms. The van der Waals surface area contributed by atoms with Crippen molar-refractivity contribution < 1.29 is 18.4 Å². The third-order valence-corrected chi connectivity index (χ3v) is 7.07. The van der Waals surface area contributed by atoms with Crippen LogP contribution in [0.5, 0.6) is 0 Å². The predicted molar refractivity (Wildman–Crippen MR) is 111 cm³/mol. The average molecular weight is 419 g/mol. The number of halogens is 2. The molecule has 0 spiro atoms. The molecule has 1 saturated heterocycles. The summed E-state index contributed by atoms with van der Waals surface area (Å²) in [6.45, 7) is 4.65. The van der Waals surface area contributed by atoms with E-state index in [-0.39, 0.29) is 35.6 Å². The quantitative estimate of drug-likeness (QED) is 0.771. The first-order valence-electron chi connectivity index (χ1n) is 11.4. The van der Waals surface area contributed by atoms with Crippen LogP contribution in [0.25, 0.3) is 0 Å². The predicted octanol–water partition coefficient (Wildman–Crippen LogP) is 4.39. The Morgan fingerprint density at radius 1 is 1.20 bits per heavy atom. The number of hydrogen-bond acceptors (Lipinski definition) is 2. The molecule has 1 heterocycles. The third kappa shape index (κ3) is 4.37. The van der Waals surface area contributed by atoms with Crippen molar-refractivity contribution in [2.24, 2.45) is 17.8 Å². The largest absolute Gasteiger partial charge is 0.350 e. The van der Waals surface area contributed by atoms with Crippen molar-refractivity contribution in [3.63, 3.8) is 0 Å². The van der Waals surface area contributed by atoms with Crippen molar-refractivity contribution in [2.45, 2.75) is 76.8 Å². The van der Waals surface area contributed by atoms with Gasteiger partial charge in [-0.15, -0.1) is 0 Å². The lowest BCUT2D eigenvalue weighted by atomic mass is 9.82. The fourth-order valence-corrected chi connectivity index (χ4v) is 5.36. The maximum absolute atomic E-state index is 14.2. The number of hydrogen-bond donors (Lipinski definition) is 1. The molecule has 4 nitrogen and oxygen atoms in total. The van der Waals surface area contributed by atoms with Crippen LogP contribution in [0.15, 0.2) is 18.2 Å². The van der Waals surface area contributed by atoms with Gasteiger partial charge < -0.3 is 10.2 Å². The van der Waals surface area contributed by atoms with Crippen molar-refractivity contribution in [3.8, 4) is 0 Å². The molecule has 2 amide bonds. The highest BCUT2D eigenvalue weighted by atomic mass is 19.1. The van der Waals surface area contributed by atoms with E-state index in [0.29, 0.717) is 30.9 Å². The molecule has 164 valence electrons. The molecule has 6 heteroatoms. The molecule has 3 aliphatic rings. The van der Waals surface area contributed by atoms with Crippen LogP contribution in [0, 0.1) is 29.4 Å². The molecule has 3 fully saturated rings. The van der Waals surface area contributed by atoms with E-state index in [1.807, 2.05) is 0 Å². The van der Waals surface area contributed by atoms with E-state index in [1.54, 1.807) is 4.90 Å². The smallest absolute Gasteiger partial charge is 0.243 e. The lowest BCUT2D eigenvalue weighted by molar-refractivity contribution is -0.147. The van der Waals surface area contributed by atoms with Crippen molar-refractivity contribution >= 4 is 11.8 Å². The summed E-state index contributed by atoms with van der Waals surface area (Å²) in [5.41, 5.74) is 0.403. The van der Waals surface area contributed by atoms with Gasteiger partial charge in [-0.1, -0.05) is 39.2 Å². The molecule has 1 aromatic rings. The van der Waals surface area contributed by atoms with E-state index in [1.165, 1.54) is 31.4 Å². The van der Waals surface area contributed by atoms with Crippen LogP contribution in [0.3, 0.4) is 0 Å². The summed E-state index contributed by atoms with van der Waals surface area (Å²) in [6.07, 6.45) is 6.95. The standard InChI is InChI=1S/C24H32F2N2O2/c1-14(2)10-22-23(29)27-21(15-6-4-3-5-7-15)13-28(22)24(30)19-12-18(19)17-9-8-16(25)11-20(17)26/h8-9,11,14-15,18-19,21-22H,3-7,10,12-13H2,1-2H3,(H,27,29). The average Bonchev–Trinajstić information content (AvgIpc) is 3.49. The summed E-state index contributed by atoms with van der Waals surface area (Å²) in [5, 5.41) is 3.21. The van der Waals surface area contributed by atoms with Crippen LogP contribution in [-0.2, 0) is 9.59 Å². The maximum Gasteiger partial charge on any atom is 0.243 e. The van der Waals surface area contributed by atoms with Gasteiger partial charge in [0.25, 0.3) is 0 Å². The summed E-state index contributed by atoms with van der Waals surface area (Å²) in [6, 6.07) is 3.11. The van der Waals surface area contributed by atoms with Crippen LogP contribution in [-0.4, -0.2) is 35.3 Å². The monoisotopic (exact) mass is 418 g/mol. The Morgan fingerprint density at radius 3 is 2.60 bits per heavy atom. The van der Waals surface area contributed by atoms with E-state index < -0.39 is 17.7 Å². The number of nitrogens with zero attached hydrogens (tertiary/aromatic N) is 1. The Kier molecular flexibility index (Phi) is 6.12. The summed E-state index contributed by atoms with van der Waals surface area (Å²) >= 11 is 0. The Bertz CT molecular complexity index is 806. The Balaban J connectivity index is 1.51. The second-order valence-corrected chi connectivity index (χ2v) is 9.76. The fourth-order valence-electron chi connectivity index (χ4n) is 5.36. The van der Waals surface area contributed by atoms with Gasteiger partial charge >= 0.3 is 0 Å². The maximum atomic E-state index is 14.2. The van der Waals surface area contributed by atoms with Gasteiger partial charge in [0.15, 0.2) is 0 Å². The zero-order chi connectivity index (χ0) is 21.4. The molecule has 0 aromatic heterocycles. The van der Waals surface area contributed by atoms with E-state index in [4.69, 9.17) is 0 Å². The van der Waals surface area contributed by atoms with E-state index in [0.717, 1.165) is 18.9 Å². The second-order valence-electron chi connectivity index (χ2n) is 9.76. The third-order valence-electron chi connectivity index (χ3n) is 7.07. The Labute approximate surface area is 177 Å². The van der Waals surface area contributed by atoms with Crippen molar-refractivity contribution in [2.75, 3.05) is 6.54 Å². The highest BCUT2D eigenvalue weighted by Crippen LogP contribution is 2.50. The first kappa shape index (κ1) is 21.3. The fraction of sp³-hybridized carbons (Fsp3) is 0.667. The Hall–Kier alpha value is -1.98. The zero-order valence-corrected chi connectivity index (χ0v) is 17.9. The highest BCUT2D eigenvalue weighted by Gasteiger charge is 2.50. The van der Waals surface area contributed by atoms with Crippen LogP contribution in [0.2, 0.25) is 0 Å². The molecule has 2 saturated carbocycles. The second kappa shape index (κ2) is 8.64. The number of benzene rings is 1. The first-order valence-corrected chi connectivity index (χ1v) is 11.4. The van der Waals surface area contributed by atoms with Gasteiger partial charge in [-0.05, 0) is 55.1 Å². The molecule has 2 aliphatic carbocycles. The lowest BCUT2D eigenvalue weighted by Gasteiger charge is -2.43. The Morgan fingerprint density at radius 2 is 1.93 bits per heavy atom. The normalized spacial score (nSPS) is 29.8. The zero-order valence-electron chi connectivity index (χ0n) is 17.9. The van der Waals surface area contributed by atoms with Gasteiger partial charge in [-0.25, -0.2) is 8.78 Å². The SMILES string of the molecule is CC(C)CC1C(=O)NC(C2CCCCC2)CN1C(=O)C1CC1c1ccc(F)cc1F. The minimum absolute atomic E-state index is 0.00456. The van der Waals surface area contributed by atoms with Gasteiger partial charge in [0.1, 0.15) is 17.7 Å². The van der Waals surface area contributed by atoms with Crippen molar-refractivity contribution in [1.82, 2.24) is 10.2 Å². The van der Waals surface area contributed by atoms with Gasteiger partial charge in [-0.2, -0.15) is 0 Å². The molecule has 0 radical (unpaired) electrons. The lowest BCUT2D eigenvalue weighted by Crippen LogP contribution is -2.64. The minimum atomic E-state index is -0.611. The molecule has 1 aliphatic heterocycles. The van der Waals surface area contributed by atoms with Crippen LogP contribution in [0.1, 0.15) is 70.3 Å². The van der Waals surface area contributed by atoms with Crippen LogP contribution < -0.4 is 5.32 Å². The summed E-state index contributed by atoms with van der Waals surface area (Å²) in [4.78, 5) is 28.2. The minimum Gasteiger partial charge on any atom is -0.350 e. The number of amides is 2. The van der Waals surface area contributed by atoms with Crippen molar-refractivity contribution in [1.29, 1.82) is 0 Å². The first-order chi connectivity index (χ1) is 14.3. The van der Waals surface area contributed by atoms with Crippen molar-refractivity contribution in [3.05, 3.63) is 35.4 Å². The number of rotatable bonds is 5. The number of carbonyl (C=O) groups excluding carboxylic acids is 2. The highest BCUT2D eigenvalue weighted by molar-refractivity contribution is 5.91. The van der Waals surface area contributed by atoms with Gasteiger partial charge in [-0.3, -0.25) is 9.59 Å². The summed E-state index contributed by atoms with van der Waals surface area (Å²) < 4.78 is 27.5. The molecule has 4 rings (SSSR count). The molecule has 4 unspecified atom stereocenters. The van der Waals surface area contributed by atoms with E-state index in [2.05, 4.69) is 19.2 Å². The van der Waals surface area contributed by atoms with Gasteiger partial charge in [0, 0.05) is 24.6 Å². The molecular formula is C24H32F2N2O2. The topological polar surface area (TPSA) is 49.4 Å². The molecule has 0 bridgehead atoms. The molecule has 1 N–H and O–H groups in total. The van der Waals surface area contributed by atoms with Gasteiger partial charge in [0.2, 0.25) is 11.8 Å². The molecule has 1 aromatic carbocycles. The summed E-state index contributed by atoms with van der Waals surface area (Å²) in [7, 11) is 0. The van der Waals surface area contributed by atoms with E-state index in [9.17, 15) is 18.4 Å². The van der Waals surface area contributed by atoms with Crippen LogP contribution >= 0.6 is 0 Å². The van der Waals surface area contributed by atoms with Gasteiger partial charge in [0.05, 0.1) is 0 Å². The molecular weight excluding hydrogens is 386 g/mol. The number of carbonyl (C=O) groups is 2. The van der Waals surface area contributed by atoms with Crippen LogP contribution in [0.4, 0.5) is 8.78 Å². The summed E-state index contributed by atoms with van der Waals surface area (Å²) in [5.74, 6) is -1.15. The molecule has 4 atom stereocenters. The number of piperazine rings is 1. The number of nitrogens with one attached hydrogen (secondary N) is 1.